The van der Waals surface area contributed by atoms with E-state index in [4.69, 9.17) is 0 Å². The molecule has 2 N–H and O–H groups in total. The number of hydrogen-bond acceptors (Lipinski definition) is 3. The lowest BCUT2D eigenvalue weighted by Gasteiger charge is -2.09. The Hall–Kier alpha value is -1.36. The largest absolute Gasteiger partial charge is 0.351 e. The molecular formula is C12H20N4O. The number of H-pyrrole nitrogens is 1. The highest BCUT2D eigenvalue weighted by atomic mass is 16.1. The zero-order valence-corrected chi connectivity index (χ0v) is 10.5. The van der Waals surface area contributed by atoms with Crippen molar-refractivity contribution in [3.63, 3.8) is 0 Å². The van der Waals surface area contributed by atoms with E-state index in [0.717, 1.165) is 43.5 Å². The third-order valence-electron chi connectivity index (χ3n) is 3.09. The van der Waals surface area contributed by atoms with Crippen LogP contribution in [0.4, 0.5) is 0 Å². The third-order valence-corrected chi connectivity index (χ3v) is 3.09. The first-order valence-corrected chi connectivity index (χ1v) is 6.17. The Bertz CT molecular complexity index is 397. The topological polar surface area (TPSA) is 61.0 Å². The van der Waals surface area contributed by atoms with Crippen molar-refractivity contribution in [3.05, 3.63) is 17.0 Å². The molecule has 0 saturated carbocycles. The highest BCUT2D eigenvalue weighted by Gasteiger charge is 2.22. The summed E-state index contributed by atoms with van der Waals surface area (Å²) < 4.78 is 0. The normalized spacial score (nSPS) is 14.1. The first-order chi connectivity index (χ1) is 8.18. The number of carbonyl (C=O) groups is 1. The maximum atomic E-state index is 11.9. The Morgan fingerprint density at radius 1 is 1.47 bits per heavy atom. The van der Waals surface area contributed by atoms with Gasteiger partial charge in [-0.25, -0.2) is 0 Å². The molecule has 0 aliphatic heterocycles. The molecule has 5 heteroatoms. The second-order valence-electron chi connectivity index (χ2n) is 4.80. The summed E-state index contributed by atoms with van der Waals surface area (Å²) in [6, 6.07) is 0. The van der Waals surface area contributed by atoms with Crippen molar-refractivity contribution in [1.82, 2.24) is 20.4 Å². The molecule has 0 bridgehead atoms. The van der Waals surface area contributed by atoms with E-state index in [-0.39, 0.29) is 5.91 Å². The molecule has 0 fully saturated rings. The van der Waals surface area contributed by atoms with Crippen LogP contribution in [-0.2, 0) is 12.8 Å². The number of fused-ring (bicyclic) bond motifs is 1. The minimum atomic E-state index is -0.0387. The summed E-state index contributed by atoms with van der Waals surface area (Å²) in [5.74, 6) is -0.0387. The number of nitrogens with one attached hydrogen (secondary N) is 2. The molecule has 1 aromatic heterocycles. The number of aromatic nitrogens is 2. The maximum absolute atomic E-state index is 11.9. The fraction of sp³-hybridized carbons (Fsp3) is 0.667. The number of rotatable bonds is 5. The molecule has 1 amide bonds. The van der Waals surface area contributed by atoms with Crippen LogP contribution in [0.5, 0.6) is 0 Å². The van der Waals surface area contributed by atoms with E-state index in [1.165, 1.54) is 0 Å². The van der Waals surface area contributed by atoms with E-state index in [2.05, 4.69) is 20.4 Å². The van der Waals surface area contributed by atoms with E-state index >= 15 is 0 Å². The minimum Gasteiger partial charge on any atom is -0.351 e. The van der Waals surface area contributed by atoms with E-state index < -0.39 is 0 Å². The fourth-order valence-corrected chi connectivity index (χ4v) is 2.19. The summed E-state index contributed by atoms with van der Waals surface area (Å²) in [5.41, 5.74) is 2.86. The van der Waals surface area contributed by atoms with Crippen LogP contribution in [0.25, 0.3) is 0 Å². The van der Waals surface area contributed by atoms with Crippen molar-refractivity contribution < 1.29 is 4.79 Å². The number of aryl methyl sites for hydroxylation is 1. The zero-order chi connectivity index (χ0) is 12.3. The maximum Gasteiger partial charge on any atom is 0.272 e. The van der Waals surface area contributed by atoms with Gasteiger partial charge in [0.25, 0.3) is 5.91 Å². The van der Waals surface area contributed by atoms with Crippen molar-refractivity contribution in [2.75, 3.05) is 27.2 Å². The quantitative estimate of drug-likeness (QED) is 0.735. The summed E-state index contributed by atoms with van der Waals surface area (Å²) in [6.45, 7) is 1.69. The van der Waals surface area contributed by atoms with Gasteiger partial charge < -0.3 is 10.2 Å². The van der Waals surface area contributed by atoms with E-state index in [1.807, 2.05) is 14.1 Å². The average molecular weight is 236 g/mol. The van der Waals surface area contributed by atoms with Crippen LogP contribution in [0.15, 0.2) is 0 Å². The van der Waals surface area contributed by atoms with Crippen molar-refractivity contribution in [2.45, 2.75) is 25.7 Å². The molecule has 1 aliphatic carbocycles. The summed E-state index contributed by atoms with van der Waals surface area (Å²) in [7, 11) is 4.06. The smallest absolute Gasteiger partial charge is 0.272 e. The number of nitrogens with zero attached hydrogens (tertiary/aromatic N) is 2. The molecule has 0 saturated heterocycles. The summed E-state index contributed by atoms with van der Waals surface area (Å²) >= 11 is 0. The van der Waals surface area contributed by atoms with Crippen LogP contribution in [0.1, 0.15) is 34.6 Å². The van der Waals surface area contributed by atoms with E-state index in [9.17, 15) is 4.79 Å². The second kappa shape index (κ2) is 5.31. The van der Waals surface area contributed by atoms with Crippen LogP contribution in [0.2, 0.25) is 0 Å². The Kier molecular flexibility index (Phi) is 3.78. The lowest BCUT2D eigenvalue weighted by atomic mass is 10.2. The number of carbonyl (C=O) groups excluding carboxylic acids is 1. The predicted molar refractivity (Wildman–Crippen MR) is 66.1 cm³/mol. The molecular weight excluding hydrogens is 216 g/mol. The van der Waals surface area contributed by atoms with Gasteiger partial charge in [-0.15, -0.1) is 0 Å². The Labute approximate surface area is 102 Å². The number of aromatic amines is 1. The van der Waals surface area contributed by atoms with Gasteiger partial charge in [-0.3, -0.25) is 9.89 Å². The lowest BCUT2D eigenvalue weighted by Crippen LogP contribution is -2.28. The van der Waals surface area contributed by atoms with Gasteiger partial charge >= 0.3 is 0 Å². The standard InChI is InChI=1S/C12H20N4O/c1-16(2)8-4-7-13-12(17)11-9-5-3-6-10(9)14-15-11/h3-8H2,1-2H3,(H,13,17)(H,14,15). The monoisotopic (exact) mass is 236 g/mol. The van der Waals surface area contributed by atoms with Crippen molar-refractivity contribution >= 4 is 5.91 Å². The SMILES string of the molecule is CN(C)CCCNC(=O)c1n[nH]c2c1CCC2. The highest BCUT2D eigenvalue weighted by Crippen LogP contribution is 2.22. The Balaban J connectivity index is 1.83. The van der Waals surface area contributed by atoms with Crippen molar-refractivity contribution in [1.29, 1.82) is 0 Å². The average Bonchev–Trinajstić information content (AvgIpc) is 2.85. The van der Waals surface area contributed by atoms with Crippen molar-refractivity contribution in [2.24, 2.45) is 0 Å². The molecule has 2 rings (SSSR count). The van der Waals surface area contributed by atoms with Gasteiger partial charge in [-0.1, -0.05) is 0 Å². The number of amides is 1. The molecule has 1 aromatic rings. The summed E-state index contributed by atoms with van der Waals surface area (Å²) in [4.78, 5) is 14.0. The van der Waals surface area contributed by atoms with Gasteiger partial charge in [0.1, 0.15) is 0 Å². The van der Waals surface area contributed by atoms with Gasteiger partial charge in [-0.05, 0) is 46.3 Å². The predicted octanol–water partition coefficient (Wildman–Crippen LogP) is 0.580. The fourth-order valence-electron chi connectivity index (χ4n) is 2.19. The summed E-state index contributed by atoms with van der Waals surface area (Å²) in [6.07, 6.45) is 4.10. The van der Waals surface area contributed by atoms with E-state index in [1.54, 1.807) is 0 Å². The Morgan fingerprint density at radius 2 is 2.29 bits per heavy atom. The van der Waals surface area contributed by atoms with Crippen LogP contribution < -0.4 is 5.32 Å². The molecule has 0 unspecified atom stereocenters. The molecule has 1 heterocycles. The molecule has 94 valence electrons. The first kappa shape index (κ1) is 12.1. The highest BCUT2D eigenvalue weighted by molar-refractivity contribution is 5.94. The molecule has 1 aliphatic rings. The lowest BCUT2D eigenvalue weighted by molar-refractivity contribution is 0.0946. The second-order valence-corrected chi connectivity index (χ2v) is 4.80. The minimum absolute atomic E-state index is 0.0387. The van der Waals surface area contributed by atoms with Crippen LogP contribution >= 0.6 is 0 Å². The van der Waals surface area contributed by atoms with Crippen LogP contribution in [0.3, 0.4) is 0 Å². The van der Waals surface area contributed by atoms with Gasteiger partial charge in [0, 0.05) is 17.8 Å². The van der Waals surface area contributed by atoms with Crippen LogP contribution in [0, 0.1) is 0 Å². The molecule has 0 radical (unpaired) electrons. The van der Waals surface area contributed by atoms with Gasteiger partial charge in [-0.2, -0.15) is 5.10 Å². The van der Waals surface area contributed by atoms with E-state index in [0.29, 0.717) is 12.2 Å². The molecule has 17 heavy (non-hydrogen) atoms. The zero-order valence-electron chi connectivity index (χ0n) is 10.5. The molecule has 0 atom stereocenters. The van der Waals surface area contributed by atoms with Gasteiger partial charge in [0.2, 0.25) is 0 Å². The Morgan fingerprint density at radius 3 is 3.06 bits per heavy atom. The summed E-state index contributed by atoms with van der Waals surface area (Å²) in [5, 5.41) is 9.98. The number of hydrogen-bond donors (Lipinski definition) is 2. The third kappa shape index (κ3) is 2.85. The van der Waals surface area contributed by atoms with Gasteiger partial charge in [0.05, 0.1) is 0 Å². The first-order valence-electron chi connectivity index (χ1n) is 6.17. The van der Waals surface area contributed by atoms with Crippen molar-refractivity contribution in [3.8, 4) is 0 Å². The van der Waals surface area contributed by atoms with Crippen LogP contribution in [-0.4, -0.2) is 48.2 Å². The molecule has 0 aromatic carbocycles. The van der Waals surface area contributed by atoms with Gasteiger partial charge in [0.15, 0.2) is 5.69 Å². The molecule has 0 spiro atoms. The molecule has 5 nitrogen and oxygen atoms in total.